The van der Waals surface area contributed by atoms with Crippen LogP contribution in [-0.4, -0.2) is 25.9 Å². The number of aliphatic imine (C=N–C) groups is 1. The van der Waals surface area contributed by atoms with E-state index in [0.717, 1.165) is 57.4 Å². The lowest BCUT2D eigenvalue weighted by atomic mass is 9.97. The molecule has 6 nitrogen and oxygen atoms in total. The van der Waals surface area contributed by atoms with Gasteiger partial charge in [0, 0.05) is 47.8 Å². The van der Waals surface area contributed by atoms with Crippen LogP contribution in [0.1, 0.15) is 33.0 Å². The fourth-order valence-electron chi connectivity index (χ4n) is 4.11. The number of aromatic amines is 1. The predicted octanol–water partition coefficient (Wildman–Crippen LogP) is 4.09. The van der Waals surface area contributed by atoms with Gasteiger partial charge in [-0.2, -0.15) is 5.10 Å². The van der Waals surface area contributed by atoms with Gasteiger partial charge in [-0.1, -0.05) is 12.1 Å². The van der Waals surface area contributed by atoms with Gasteiger partial charge in [-0.15, -0.1) is 11.3 Å². The number of rotatable bonds is 3. The molecule has 0 bridgehead atoms. The molecule has 0 radical (unpaired) electrons. The molecule has 1 aromatic carbocycles. The molecule has 0 amide bonds. The van der Waals surface area contributed by atoms with Crippen LogP contribution >= 0.6 is 11.3 Å². The molecule has 0 saturated heterocycles. The molecule has 0 spiro atoms. The van der Waals surface area contributed by atoms with E-state index >= 15 is 0 Å². The molecule has 0 fully saturated rings. The normalized spacial score (nSPS) is 16.4. The third kappa shape index (κ3) is 2.96. The Balaban J connectivity index is 1.35. The fourth-order valence-corrected chi connectivity index (χ4v) is 5.23. The molecule has 0 unspecified atom stereocenters. The molecule has 1 aliphatic heterocycles. The van der Waals surface area contributed by atoms with Gasteiger partial charge in [-0.25, -0.2) is 19.4 Å². The molecule has 1 aliphatic carbocycles. The summed E-state index contributed by atoms with van der Waals surface area (Å²) in [5, 5.41) is 12.0. The van der Waals surface area contributed by atoms with Crippen LogP contribution in [0.2, 0.25) is 0 Å². The highest BCUT2D eigenvalue weighted by molar-refractivity contribution is 7.19. The SMILES string of the molecule is Fc1cccc(Cc2[nH]nc3c2CC(=Nc2ncnc4sc5c(c24)CNC5)C=C3)c1. The highest BCUT2D eigenvalue weighted by Crippen LogP contribution is 2.37. The number of thiophene rings is 1. The first kappa shape index (κ1) is 17.6. The molecular formula is C22H17FN6S. The minimum Gasteiger partial charge on any atom is -0.308 e. The fraction of sp³-hybridized carbons (Fsp3) is 0.182. The summed E-state index contributed by atoms with van der Waals surface area (Å²) >= 11 is 1.71. The van der Waals surface area contributed by atoms with Crippen molar-refractivity contribution in [3.63, 3.8) is 0 Å². The van der Waals surface area contributed by atoms with E-state index < -0.39 is 0 Å². The van der Waals surface area contributed by atoms with Crippen LogP contribution in [0.5, 0.6) is 0 Å². The van der Waals surface area contributed by atoms with Gasteiger partial charge in [0.2, 0.25) is 0 Å². The molecule has 6 rings (SSSR count). The Hall–Kier alpha value is -3.23. The lowest BCUT2D eigenvalue weighted by Crippen LogP contribution is -2.07. The van der Waals surface area contributed by atoms with Crippen LogP contribution in [0.15, 0.2) is 41.7 Å². The van der Waals surface area contributed by atoms with Crippen molar-refractivity contribution in [1.29, 1.82) is 0 Å². The number of hydrogen-bond acceptors (Lipinski definition) is 6. The van der Waals surface area contributed by atoms with E-state index in [2.05, 4.69) is 25.5 Å². The van der Waals surface area contributed by atoms with Crippen molar-refractivity contribution in [2.75, 3.05) is 0 Å². The lowest BCUT2D eigenvalue weighted by Gasteiger charge is -2.10. The second kappa shape index (κ2) is 6.93. The average molecular weight is 416 g/mol. The van der Waals surface area contributed by atoms with Crippen molar-refractivity contribution >= 4 is 39.2 Å². The largest absolute Gasteiger partial charge is 0.308 e. The van der Waals surface area contributed by atoms with Crippen molar-refractivity contribution in [2.45, 2.75) is 25.9 Å². The number of fused-ring (bicyclic) bond motifs is 4. The maximum absolute atomic E-state index is 13.6. The number of benzene rings is 1. The zero-order chi connectivity index (χ0) is 20.1. The second-order valence-corrected chi connectivity index (χ2v) is 8.55. The maximum Gasteiger partial charge on any atom is 0.164 e. The molecule has 30 heavy (non-hydrogen) atoms. The summed E-state index contributed by atoms with van der Waals surface area (Å²) in [5.41, 5.74) is 6.10. The number of hydrogen-bond donors (Lipinski definition) is 2. The number of aromatic nitrogens is 4. The predicted molar refractivity (Wildman–Crippen MR) is 116 cm³/mol. The van der Waals surface area contributed by atoms with E-state index in [1.807, 2.05) is 18.2 Å². The summed E-state index contributed by atoms with van der Waals surface area (Å²) in [4.78, 5) is 16.1. The van der Waals surface area contributed by atoms with Crippen molar-refractivity contribution in [1.82, 2.24) is 25.5 Å². The Morgan fingerprint density at radius 2 is 2.10 bits per heavy atom. The molecule has 0 saturated carbocycles. The van der Waals surface area contributed by atoms with Gasteiger partial charge >= 0.3 is 0 Å². The third-order valence-corrected chi connectivity index (χ3v) is 6.67. The molecule has 148 valence electrons. The summed E-state index contributed by atoms with van der Waals surface area (Å²) in [6.45, 7) is 1.72. The third-order valence-electron chi connectivity index (χ3n) is 5.53. The molecule has 4 aromatic rings. The first-order valence-corrected chi connectivity index (χ1v) is 10.6. The van der Waals surface area contributed by atoms with Gasteiger partial charge < -0.3 is 5.32 Å². The number of H-pyrrole nitrogens is 1. The zero-order valence-electron chi connectivity index (χ0n) is 15.9. The van der Waals surface area contributed by atoms with Crippen molar-refractivity contribution in [3.05, 3.63) is 75.4 Å². The van der Waals surface area contributed by atoms with Crippen LogP contribution in [-0.2, 0) is 25.9 Å². The van der Waals surface area contributed by atoms with Gasteiger partial charge in [0.05, 0.1) is 11.1 Å². The summed E-state index contributed by atoms with van der Waals surface area (Å²) in [6, 6.07) is 6.67. The van der Waals surface area contributed by atoms with Crippen molar-refractivity contribution in [2.24, 2.45) is 4.99 Å². The average Bonchev–Trinajstić information content (AvgIpc) is 3.43. The minimum absolute atomic E-state index is 0.228. The Kier molecular flexibility index (Phi) is 4.07. The van der Waals surface area contributed by atoms with Crippen molar-refractivity contribution in [3.8, 4) is 0 Å². The minimum atomic E-state index is -0.228. The van der Waals surface area contributed by atoms with E-state index in [0.29, 0.717) is 12.8 Å². The van der Waals surface area contributed by atoms with E-state index in [1.165, 1.54) is 16.5 Å². The van der Waals surface area contributed by atoms with Gasteiger partial charge in [-0.3, -0.25) is 5.10 Å². The highest BCUT2D eigenvalue weighted by Gasteiger charge is 2.22. The summed E-state index contributed by atoms with van der Waals surface area (Å²) in [5.74, 6) is 0.494. The zero-order valence-corrected chi connectivity index (χ0v) is 16.8. The first-order valence-electron chi connectivity index (χ1n) is 9.77. The molecule has 2 N–H and O–H groups in total. The molecule has 8 heteroatoms. The van der Waals surface area contributed by atoms with E-state index in [9.17, 15) is 4.39 Å². The summed E-state index contributed by atoms with van der Waals surface area (Å²) in [7, 11) is 0. The Labute approximate surface area is 175 Å². The van der Waals surface area contributed by atoms with E-state index in [4.69, 9.17) is 4.99 Å². The summed E-state index contributed by atoms with van der Waals surface area (Å²) < 4.78 is 13.6. The Morgan fingerprint density at radius 3 is 3.03 bits per heavy atom. The van der Waals surface area contributed by atoms with Crippen LogP contribution < -0.4 is 5.32 Å². The van der Waals surface area contributed by atoms with Crippen LogP contribution in [0, 0.1) is 5.82 Å². The highest BCUT2D eigenvalue weighted by atomic mass is 32.1. The Bertz CT molecular complexity index is 1350. The number of halogens is 1. The van der Waals surface area contributed by atoms with Gasteiger partial charge in [0.15, 0.2) is 5.82 Å². The standard InChI is InChI=1S/C22H17FN6S/c23-13-3-1-2-12(6-13)7-18-15-8-14(4-5-17(15)28-29-18)27-21-20-16-9-24-10-19(16)30-22(20)26-11-25-21/h1-6,11,24H,7-10H2,(H,28,29). The van der Waals surface area contributed by atoms with E-state index in [1.54, 1.807) is 29.8 Å². The lowest BCUT2D eigenvalue weighted by molar-refractivity contribution is 0.626. The first-order chi connectivity index (χ1) is 14.7. The monoisotopic (exact) mass is 416 g/mol. The molecule has 0 atom stereocenters. The number of nitrogens with one attached hydrogen (secondary N) is 2. The van der Waals surface area contributed by atoms with Crippen LogP contribution in [0.4, 0.5) is 10.2 Å². The Morgan fingerprint density at radius 1 is 1.13 bits per heavy atom. The maximum atomic E-state index is 13.6. The number of nitrogens with zero attached hydrogens (tertiary/aromatic N) is 4. The van der Waals surface area contributed by atoms with Crippen molar-refractivity contribution < 1.29 is 4.39 Å². The van der Waals surface area contributed by atoms with E-state index in [-0.39, 0.29) is 5.82 Å². The van der Waals surface area contributed by atoms with Gasteiger partial charge in [-0.05, 0) is 35.4 Å². The summed E-state index contributed by atoms with van der Waals surface area (Å²) in [6.07, 6.45) is 6.81. The van der Waals surface area contributed by atoms with Crippen LogP contribution in [0.3, 0.4) is 0 Å². The van der Waals surface area contributed by atoms with Gasteiger partial charge in [0.25, 0.3) is 0 Å². The molecular weight excluding hydrogens is 399 g/mol. The quantitative estimate of drug-likeness (QED) is 0.527. The molecule has 3 aromatic heterocycles. The topological polar surface area (TPSA) is 78.8 Å². The number of allylic oxidation sites excluding steroid dienone is 1. The molecule has 4 heterocycles. The smallest absolute Gasteiger partial charge is 0.164 e. The van der Waals surface area contributed by atoms with Crippen LogP contribution in [0.25, 0.3) is 16.3 Å². The molecule has 2 aliphatic rings. The second-order valence-electron chi connectivity index (χ2n) is 7.47. The van der Waals surface area contributed by atoms with Gasteiger partial charge in [0.1, 0.15) is 17.0 Å².